The van der Waals surface area contributed by atoms with Gasteiger partial charge in [-0.1, -0.05) is 11.6 Å². The molecule has 11 nitrogen and oxygen atoms in total. The van der Waals surface area contributed by atoms with Gasteiger partial charge in [0.05, 0.1) is 37.6 Å². The van der Waals surface area contributed by atoms with Gasteiger partial charge < -0.3 is 19.9 Å². The molecule has 3 amide bonds. The second kappa shape index (κ2) is 11.0. The number of carbonyl (C=O) groups is 3. The monoisotopic (exact) mass is 539 g/mol. The third-order valence-corrected chi connectivity index (χ3v) is 7.53. The van der Waals surface area contributed by atoms with E-state index in [-0.39, 0.29) is 36.9 Å². The maximum absolute atomic E-state index is 13.2. The number of aromatic nitrogens is 3. The molecule has 2 aliphatic heterocycles. The van der Waals surface area contributed by atoms with Crippen molar-refractivity contribution in [3.63, 3.8) is 0 Å². The Kier molecular flexibility index (Phi) is 7.48. The summed E-state index contributed by atoms with van der Waals surface area (Å²) in [7, 11) is 1.52. The van der Waals surface area contributed by atoms with Crippen molar-refractivity contribution in [1.82, 2.24) is 29.9 Å². The van der Waals surface area contributed by atoms with E-state index in [4.69, 9.17) is 16.3 Å². The van der Waals surface area contributed by atoms with Gasteiger partial charge in [0.15, 0.2) is 5.65 Å². The van der Waals surface area contributed by atoms with Crippen LogP contribution in [0.25, 0.3) is 11.0 Å². The van der Waals surface area contributed by atoms with Crippen LogP contribution >= 0.6 is 11.6 Å². The van der Waals surface area contributed by atoms with Crippen LogP contribution < -0.4 is 10.1 Å². The first-order valence-corrected chi connectivity index (χ1v) is 12.9. The fourth-order valence-electron chi connectivity index (χ4n) is 5.11. The largest absolute Gasteiger partial charge is 0.495 e. The van der Waals surface area contributed by atoms with Crippen LogP contribution in [-0.2, 0) is 9.59 Å². The quantitative estimate of drug-likeness (QED) is 0.492. The highest BCUT2D eigenvalue weighted by Gasteiger charge is 2.34. The zero-order chi connectivity index (χ0) is 26.8. The minimum Gasteiger partial charge on any atom is -0.495 e. The zero-order valence-electron chi connectivity index (χ0n) is 21.4. The molecule has 12 heteroatoms. The van der Waals surface area contributed by atoms with E-state index in [2.05, 4.69) is 20.5 Å². The van der Waals surface area contributed by atoms with Crippen molar-refractivity contribution >= 4 is 46.0 Å². The van der Waals surface area contributed by atoms with E-state index < -0.39 is 0 Å². The third kappa shape index (κ3) is 5.44. The number of aryl methyl sites for hydroxylation is 1. The SMILES string of the molecule is COc1cc(Cl)c(C)cc1NC(=O)CN1CCN(C2CCCN(C(=O)c3cnc4[nH]ncc4c3)C2)C(=O)C1. The first-order valence-electron chi connectivity index (χ1n) is 12.6. The van der Waals surface area contributed by atoms with Crippen LogP contribution in [0.2, 0.25) is 5.02 Å². The first-order chi connectivity index (χ1) is 18.3. The lowest BCUT2D eigenvalue weighted by atomic mass is 10.0. The van der Waals surface area contributed by atoms with E-state index in [1.807, 2.05) is 16.7 Å². The predicted molar refractivity (Wildman–Crippen MR) is 142 cm³/mol. The molecule has 1 atom stereocenters. The number of amides is 3. The van der Waals surface area contributed by atoms with Gasteiger partial charge in [0.2, 0.25) is 11.8 Å². The molecule has 200 valence electrons. The van der Waals surface area contributed by atoms with Crippen LogP contribution in [0.1, 0.15) is 28.8 Å². The normalized spacial score (nSPS) is 18.6. The van der Waals surface area contributed by atoms with Crippen molar-refractivity contribution in [3.8, 4) is 5.75 Å². The van der Waals surface area contributed by atoms with Crippen molar-refractivity contribution in [2.75, 3.05) is 51.7 Å². The van der Waals surface area contributed by atoms with Gasteiger partial charge in [0.1, 0.15) is 5.75 Å². The molecule has 0 aliphatic carbocycles. The molecule has 5 rings (SSSR count). The van der Waals surface area contributed by atoms with Crippen molar-refractivity contribution in [2.24, 2.45) is 0 Å². The lowest BCUT2D eigenvalue weighted by molar-refractivity contribution is -0.140. The summed E-state index contributed by atoms with van der Waals surface area (Å²) in [5.74, 6) is 0.112. The number of pyridine rings is 1. The van der Waals surface area contributed by atoms with Crippen molar-refractivity contribution in [2.45, 2.75) is 25.8 Å². The number of halogens is 1. The highest BCUT2D eigenvalue weighted by molar-refractivity contribution is 6.31. The Labute approximate surface area is 225 Å². The van der Waals surface area contributed by atoms with Crippen molar-refractivity contribution in [1.29, 1.82) is 0 Å². The molecular formula is C26H30ClN7O4. The summed E-state index contributed by atoms with van der Waals surface area (Å²) in [4.78, 5) is 48.7. The van der Waals surface area contributed by atoms with E-state index in [1.54, 1.807) is 35.5 Å². The van der Waals surface area contributed by atoms with E-state index >= 15 is 0 Å². The number of aromatic amines is 1. The lowest BCUT2D eigenvalue weighted by Gasteiger charge is -2.43. The summed E-state index contributed by atoms with van der Waals surface area (Å²) in [6, 6.07) is 5.16. The van der Waals surface area contributed by atoms with Gasteiger partial charge in [-0.2, -0.15) is 5.10 Å². The Morgan fingerprint density at radius 3 is 2.84 bits per heavy atom. The number of likely N-dealkylation sites (tertiary alicyclic amines) is 1. The van der Waals surface area contributed by atoms with Crippen LogP contribution in [0, 0.1) is 6.92 Å². The Hall–Kier alpha value is -3.70. The Morgan fingerprint density at radius 2 is 2.05 bits per heavy atom. The number of ether oxygens (including phenoxy) is 1. The number of methoxy groups -OCH3 is 1. The zero-order valence-corrected chi connectivity index (χ0v) is 22.1. The second-order valence-corrected chi connectivity index (χ2v) is 10.1. The molecule has 2 saturated heterocycles. The van der Waals surface area contributed by atoms with Gasteiger partial charge in [0.25, 0.3) is 5.91 Å². The van der Waals surface area contributed by atoms with E-state index in [9.17, 15) is 14.4 Å². The standard InChI is InChI=1S/C26H30ClN7O4/c1-16-8-21(22(38-2)10-20(16)27)30-23(35)14-32-6-7-34(24(36)15-32)19-4-3-5-33(13-19)26(37)18-9-17-12-29-31-25(17)28-11-18/h8-12,19H,3-7,13-15H2,1-2H3,(H,30,35)(H,28,29,31). The molecule has 0 spiro atoms. The maximum atomic E-state index is 13.2. The fraction of sp³-hybridized carbons (Fsp3) is 0.423. The average molecular weight is 540 g/mol. The van der Waals surface area contributed by atoms with Crippen LogP contribution in [0.15, 0.2) is 30.6 Å². The highest BCUT2D eigenvalue weighted by Crippen LogP contribution is 2.31. The van der Waals surface area contributed by atoms with E-state index in [1.165, 1.54) is 7.11 Å². The van der Waals surface area contributed by atoms with Crippen LogP contribution in [-0.4, -0.2) is 100 Å². The summed E-state index contributed by atoms with van der Waals surface area (Å²) in [6.45, 7) is 4.28. The van der Waals surface area contributed by atoms with Gasteiger partial charge in [-0.25, -0.2) is 4.98 Å². The van der Waals surface area contributed by atoms with Crippen LogP contribution in [0.3, 0.4) is 0 Å². The molecule has 38 heavy (non-hydrogen) atoms. The van der Waals surface area contributed by atoms with Crippen molar-refractivity contribution < 1.29 is 19.1 Å². The summed E-state index contributed by atoms with van der Waals surface area (Å²) in [5, 5.41) is 10.9. The number of hydrogen-bond acceptors (Lipinski definition) is 7. The number of piperidine rings is 1. The predicted octanol–water partition coefficient (Wildman–Crippen LogP) is 2.32. The molecule has 0 bridgehead atoms. The second-order valence-electron chi connectivity index (χ2n) is 9.73. The summed E-state index contributed by atoms with van der Waals surface area (Å²) in [5.41, 5.74) is 2.51. The van der Waals surface area contributed by atoms with Crippen LogP contribution in [0.5, 0.6) is 5.75 Å². The molecule has 0 saturated carbocycles. The molecule has 4 heterocycles. The number of piperazine rings is 1. The smallest absolute Gasteiger partial charge is 0.255 e. The summed E-state index contributed by atoms with van der Waals surface area (Å²) in [6.07, 6.45) is 4.85. The molecule has 1 unspecified atom stereocenters. The average Bonchev–Trinajstić information content (AvgIpc) is 3.38. The number of hydrogen-bond donors (Lipinski definition) is 2. The van der Waals surface area contributed by atoms with Gasteiger partial charge in [-0.05, 0) is 37.5 Å². The van der Waals surface area contributed by atoms with Crippen LogP contribution in [0.4, 0.5) is 5.69 Å². The highest BCUT2D eigenvalue weighted by atomic mass is 35.5. The Balaban J connectivity index is 1.16. The fourth-order valence-corrected chi connectivity index (χ4v) is 5.26. The molecule has 2 aromatic heterocycles. The molecular weight excluding hydrogens is 510 g/mol. The van der Waals surface area contributed by atoms with E-state index in [0.717, 1.165) is 23.8 Å². The van der Waals surface area contributed by atoms with Gasteiger partial charge in [-0.3, -0.25) is 24.4 Å². The van der Waals surface area contributed by atoms with Gasteiger partial charge in [0, 0.05) is 54.9 Å². The minimum absolute atomic E-state index is 0.0373. The molecule has 1 aromatic carbocycles. The molecule has 0 radical (unpaired) electrons. The number of anilines is 1. The number of benzene rings is 1. The lowest BCUT2D eigenvalue weighted by Crippen LogP contribution is -2.59. The molecule has 3 aromatic rings. The number of fused-ring (bicyclic) bond motifs is 1. The van der Waals surface area contributed by atoms with E-state index in [0.29, 0.717) is 53.8 Å². The van der Waals surface area contributed by atoms with Gasteiger partial charge >= 0.3 is 0 Å². The number of H-pyrrole nitrogens is 1. The molecule has 2 aliphatic rings. The topological polar surface area (TPSA) is 124 Å². The molecule has 2 fully saturated rings. The number of nitrogens with one attached hydrogen (secondary N) is 2. The summed E-state index contributed by atoms with van der Waals surface area (Å²) >= 11 is 6.15. The first kappa shape index (κ1) is 25.9. The Bertz CT molecular complexity index is 1380. The number of rotatable bonds is 6. The van der Waals surface area contributed by atoms with Gasteiger partial charge in [-0.15, -0.1) is 0 Å². The molecule has 2 N–H and O–H groups in total. The van der Waals surface area contributed by atoms with Crippen molar-refractivity contribution in [3.05, 3.63) is 46.7 Å². The Morgan fingerprint density at radius 1 is 1.21 bits per heavy atom. The maximum Gasteiger partial charge on any atom is 0.255 e. The summed E-state index contributed by atoms with van der Waals surface area (Å²) < 4.78 is 5.33. The number of carbonyl (C=O) groups excluding carboxylic acids is 3. The number of nitrogens with zero attached hydrogens (tertiary/aromatic N) is 5. The third-order valence-electron chi connectivity index (χ3n) is 7.12. The minimum atomic E-state index is -0.232.